The van der Waals surface area contributed by atoms with Gasteiger partial charge in [-0.1, -0.05) is 0 Å². The van der Waals surface area contributed by atoms with Gasteiger partial charge in [-0.15, -0.1) is 0 Å². The minimum Gasteiger partial charge on any atom is -0.378 e. The highest BCUT2D eigenvalue weighted by atomic mass is 79.9. The molecule has 0 unspecified atom stereocenters. The summed E-state index contributed by atoms with van der Waals surface area (Å²) in [7, 11) is 0. The Morgan fingerprint density at radius 2 is 1.52 bits per heavy atom. The van der Waals surface area contributed by atoms with Crippen molar-refractivity contribution >= 4 is 33.2 Å². The number of hydrogen-bond donors (Lipinski definition) is 1. The Morgan fingerprint density at radius 3 is 2.07 bits per heavy atom. The number of carbonyl (C=O) groups excluding carboxylic acids is 1. The van der Waals surface area contributed by atoms with Gasteiger partial charge in [0.15, 0.2) is 23.3 Å². The van der Waals surface area contributed by atoms with Crippen molar-refractivity contribution in [3.05, 3.63) is 57.3 Å². The van der Waals surface area contributed by atoms with E-state index in [0.29, 0.717) is 30.8 Å². The molecule has 1 amide bonds. The van der Waals surface area contributed by atoms with Crippen LogP contribution in [0, 0.1) is 29.1 Å². The molecule has 3 rings (SSSR count). The number of ether oxygens (including phenoxy) is 1. The number of nitrogens with one attached hydrogen (secondary N) is 1. The minimum absolute atomic E-state index is 0.118. The van der Waals surface area contributed by atoms with E-state index in [1.165, 1.54) is 12.1 Å². The third kappa shape index (κ3) is 3.77. The molecule has 10 heteroatoms. The number of amides is 1. The highest BCUT2D eigenvalue weighted by Crippen LogP contribution is 2.30. The quantitative estimate of drug-likeness (QED) is 0.432. The molecule has 1 N–H and O–H groups in total. The van der Waals surface area contributed by atoms with Crippen molar-refractivity contribution in [1.82, 2.24) is 0 Å². The van der Waals surface area contributed by atoms with Crippen molar-refractivity contribution < 1.29 is 31.5 Å². The molecule has 1 aliphatic rings. The van der Waals surface area contributed by atoms with E-state index >= 15 is 0 Å². The molecule has 1 saturated heterocycles. The summed E-state index contributed by atoms with van der Waals surface area (Å²) >= 11 is 3.34. The van der Waals surface area contributed by atoms with E-state index in [2.05, 4.69) is 21.2 Å². The zero-order valence-corrected chi connectivity index (χ0v) is 15.2. The van der Waals surface area contributed by atoms with Crippen LogP contribution in [0.3, 0.4) is 0 Å². The molecule has 2 aromatic carbocycles. The van der Waals surface area contributed by atoms with Gasteiger partial charge in [0.2, 0.25) is 5.82 Å². The summed E-state index contributed by atoms with van der Waals surface area (Å²) in [6.45, 7) is 2.44. The van der Waals surface area contributed by atoms with Crippen molar-refractivity contribution in [3.8, 4) is 0 Å². The van der Waals surface area contributed by atoms with Gasteiger partial charge in [-0.25, -0.2) is 22.0 Å². The van der Waals surface area contributed by atoms with Gasteiger partial charge in [0.25, 0.3) is 5.91 Å². The van der Waals surface area contributed by atoms with E-state index in [4.69, 9.17) is 4.74 Å². The molecule has 0 atom stereocenters. The van der Waals surface area contributed by atoms with Gasteiger partial charge < -0.3 is 15.0 Å². The number of rotatable bonds is 3. The average Bonchev–Trinajstić information content (AvgIpc) is 2.66. The number of nitrogens with zero attached hydrogens (tertiary/aromatic N) is 1. The minimum atomic E-state index is -2.32. The third-order valence-electron chi connectivity index (χ3n) is 3.99. The number of halogens is 6. The number of morpholine rings is 1. The Hall–Kier alpha value is -2.20. The van der Waals surface area contributed by atoms with Crippen LogP contribution >= 0.6 is 15.9 Å². The van der Waals surface area contributed by atoms with E-state index in [-0.39, 0.29) is 5.69 Å². The normalized spacial score (nSPS) is 14.4. The van der Waals surface area contributed by atoms with Crippen LogP contribution < -0.4 is 10.2 Å². The monoisotopic (exact) mass is 450 g/mol. The lowest BCUT2D eigenvalue weighted by Gasteiger charge is -2.29. The molecule has 0 spiro atoms. The standard InChI is InChI=1S/C17H12BrF5N2O2/c18-9-7-8(1-2-10(9)25-3-5-27-6-4-25)24-17(26)11-12(19)14(21)16(23)15(22)13(11)20/h1-2,7H,3-6H2,(H,24,26). The lowest BCUT2D eigenvalue weighted by Crippen LogP contribution is -2.36. The molecule has 27 heavy (non-hydrogen) atoms. The van der Waals surface area contributed by atoms with Gasteiger partial charge in [0, 0.05) is 23.2 Å². The molecule has 1 aliphatic heterocycles. The van der Waals surface area contributed by atoms with Crippen LogP contribution in [-0.2, 0) is 4.74 Å². The van der Waals surface area contributed by atoms with E-state index < -0.39 is 40.6 Å². The Bertz CT molecular complexity index is 874. The van der Waals surface area contributed by atoms with E-state index in [1.54, 1.807) is 6.07 Å². The van der Waals surface area contributed by atoms with Gasteiger partial charge in [-0.3, -0.25) is 4.79 Å². The van der Waals surface area contributed by atoms with Crippen molar-refractivity contribution in [2.45, 2.75) is 0 Å². The predicted molar refractivity (Wildman–Crippen MR) is 91.4 cm³/mol. The van der Waals surface area contributed by atoms with Crippen molar-refractivity contribution in [3.63, 3.8) is 0 Å². The van der Waals surface area contributed by atoms with Crippen LogP contribution in [0.4, 0.5) is 33.3 Å². The molecule has 0 aromatic heterocycles. The second-order valence-corrected chi connectivity index (χ2v) is 6.52. The predicted octanol–water partition coefficient (Wildman–Crippen LogP) is 4.23. The van der Waals surface area contributed by atoms with E-state index in [1.807, 2.05) is 4.90 Å². The second kappa shape index (κ2) is 7.81. The van der Waals surface area contributed by atoms with Gasteiger partial charge in [0.05, 0.1) is 18.9 Å². The maximum absolute atomic E-state index is 13.7. The van der Waals surface area contributed by atoms with Crippen LogP contribution in [0.5, 0.6) is 0 Å². The summed E-state index contributed by atoms with van der Waals surface area (Å²) in [5.74, 6) is -12.5. The van der Waals surface area contributed by atoms with Crippen molar-refractivity contribution in [2.24, 2.45) is 0 Å². The van der Waals surface area contributed by atoms with Gasteiger partial charge >= 0.3 is 0 Å². The maximum Gasteiger partial charge on any atom is 0.261 e. The Labute approximate surface area is 159 Å². The summed E-state index contributed by atoms with van der Waals surface area (Å²) in [6, 6.07) is 4.58. The number of anilines is 2. The first kappa shape index (κ1) is 19.6. The second-order valence-electron chi connectivity index (χ2n) is 5.66. The molecular formula is C17H12BrF5N2O2. The topological polar surface area (TPSA) is 41.6 Å². The third-order valence-corrected chi connectivity index (χ3v) is 4.63. The molecular weight excluding hydrogens is 439 g/mol. The molecule has 144 valence electrons. The first-order valence-corrected chi connectivity index (χ1v) is 8.55. The number of benzene rings is 2. The molecule has 0 bridgehead atoms. The lowest BCUT2D eigenvalue weighted by atomic mass is 10.1. The SMILES string of the molecule is O=C(Nc1ccc(N2CCOCC2)c(Br)c1)c1c(F)c(F)c(F)c(F)c1F. The van der Waals surface area contributed by atoms with Crippen LogP contribution in [0.15, 0.2) is 22.7 Å². The Balaban J connectivity index is 1.86. The fraction of sp³-hybridized carbons (Fsp3) is 0.235. The van der Waals surface area contributed by atoms with Gasteiger partial charge in [0.1, 0.15) is 5.56 Å². The summed E-state index contributed by atoms with van der Waals surface area (Å²) in [6.07, 6.45) is 0. The van der Waals surface area contributed by atoms with Crippen LogP contribution in [0.2, 0.25) is 0 Å². The van der Waals surface area contributed by atoms with Gasteiger partial charge in [-0.05, 0) is 34.1 Å². The molecule has 1 heterocycles. The number of carbonyl (C=O) groups is 1. The first-order chi connectivity index (χ1) is 12.8. The highest BCUT2D eigenvalue weighted by Gasteiger charge is 2.29. The summed E-state index contributed by atoms with van der Waals surface area (Å²) in [5, 5.41) is 2.14. The number of hydrogen-bond acceptors (Lipinski definition) is 3. The summed E-state index contributed by atoms with van der Waals surface area (Å²) in [4.78, 5) is 14.1. The van der Waals surface area contributed by atoms with E-state index in [9.17, 15) is 26.7 Å². The molecule has 0 aliphatic carbocycles. The van der Waals surface area contributed by atoms with Crippen molar-refractivity contribution in [2.75, 3.05) is 36.5 Å². The molecule has 1 fully saturated rings. The molecule has 0 saturated carbocycles. The zero-order valence-electron chi connectivity index (χ0n) is 13.6. The summed E-state index contributed by atoms with van der Waals surface area (Å²) < 4.78 is 72.9. The fourth-order valence-electron chi connectivity index (χ4n) is 2.64. The summed E-state index contributed by atoms with van der Waals surface area (Å²) in [5.41, 5.74) is -0.611. The van der Waals surface area contributed by atoms with Gasteiger partial charge in [-0.2, -0.15) is 0 Å². The van der Waals surface area contributed by atoms with Crippen LogP contribution in [0.1, 0.15) is 10.4 Å². The molecule has 0 radical (unpaired) electrons. The van der Waals surface area contributed by atoms with Crippen LogP contribution in [0.25, 0.3) is 0 Å². The Kier molecular flexibility index (Phi) is 5.66. The smallest absolute Gasteiger partial charge is 0.261 e. The first-order valence-electron chi connectivity index (χ1n) is 7.76. The lowest BCUT2D eigenvalue weighted by molar-refractivity contribution is 0.101. The molecule has 2 aromatic rings. The fourth-order valence-corrected chi connectivity index (χ4v) is 3.27. The van der Waals surface area contributed by atoms with Crippen LogP contribution in [-0.4, -0.2) is 32.2 Å². The van der Waals surface area contributed by atoms with Crippen molar-refractivity contribution in [1.29, 1.82) is 0 Å². The average molecular weight is 451 g/mol. The zero-order chi connectivity index (χ0) is 19.7. The maximum atomic E-state index is 13.7. The molecule has 4 nitrogen and oxygen atoms in total. The largest absolute Gasteiger partial charge is 0.378 e. The van der Waals surface area contributed by atoms with E-state index in [0.717, 1.165) is 5.69 Å². The Morgan fingerprint density at radius 1 is 0.963 bits per heavy atom. The highest BCUT2D eigenvalue weighted by molar-refractivity contribution is 9.10.